The molecule has 1 aliphatic heterocycles. The number of carbonyl (C=O) groups is 2. The van der Waals surface area contributed by atoms with E-state index >= 15 is 0 Å². The normalized spacial score (nSPS) is 15.2. The summed E-state index contributed by atoms with van der Waals surface area (Å²) in [5.41, 5.74) is 9.52. The highest BCUT2D eigenvalue weighted by atomic mass is 16.5. The smallest absolute Gasteiger partial charge is 0.410 e. The molecule has 1 saturated heterocycles. The van der Waals surface area contributed by atoms with Gasteiger partial charge in [-0.2, -0.15) is 0 Å². The molecule has 0 bridgehead atoms. The van der Waals surface area contributed by atoms with E-state index in [-0.39, 0.29) is 18.0 Å². The van der Waals surface area contributed by atoms with E-state index < -0.39 is 0 Å². The first-order valence-electron chi connectivity index (χ1n) is 10.8. The van der Waals surface area contributed by atoms with E-state index in [4.69, 9.17) is 10.5 Å². The van der Waals surface area contributed by atoms with Gasteiger partial charge in [0.1, 0.15) is 0 Å². The predicted molar refractivity (Wildman–Crippen MR) is 128 cm³/mol. The van der Waals surface area contributed by atoms with E-state index in [0.717, 1.165) is 24.2 Å². The highest BCUT2D eigenvalue weighted by Gasteiger charge is 2.31. The number of methoxy groups -OCH3 is 1. The molecule has 2 heterocycles. The number of nitrogens with one attached hydrogen (secondary N) is 1. The number of benzene rings is 2. The van der Waals surface area contributed by atoms with Crippen molar-refractivity contribution in [3.05, 3.63) is 84.2 Å². The highest BCUT2D eigenvalue weighted by molar-refractivity contribution is 6.05. The van der Waals surface area contributed by atoms with Crippen LogP contribution in [0.4, 0.5) is 21.9 Å². The number of anilines is 3. The number of nitrogens with two attached hydrogens (primary N) is 1. The molecule has 0 spiro atoms. The zero-order valence-corrected chi connectivity index (χ0v) is 18.5. The van der Waals surface area contributed by atoms with Crippen molar-refractivity contribution >= 4 is 29.1 Å². The molecule has 2 aromatic carbocycles. The summed E-state index contributed by atoms with van der Waals surface area (Å²) in [7, 11) is 1.40. The second kappa shape index (κ2) is 10.0. The fourth-order valence-electron chi connectivity index (χ4n) is 4.01. The van der Waals surface area contributed by atoms with E-state index in [2.05, 4.69) is 15.2 Å². The molecule has 0 aliphatic carbocycles. The maximum Gasteiger partial charge on any atom is 0.410 e. The second-order valence-electron chi connectivity index (χ2n) is 7.94. The number of hydrogen-bond acceptors (Lipinski definition) is 6. The quantitative estimate of drug-likeness (QED) is 0.560. The van der Waals surface area contributed by atoms with Crippen LogP contribution in [0.15, 0.2) is 73.1 Å². The Balaban J connectivity index is 1.41. The summed E-state index contributed by atoms with van der Waals surface area (Å²) < 4.78 is 5.03. The molecule has 170 valence electrons. The van der Waals surface area contributed by atoms with Crippen molar-refractivity contribution in [2.24, 2.45) is 0 Å². The molecule has 3 aromatic rings. The minimum atomic E-state index is -0.349. The van der Waals surface area contributed by atoms with Crippen LogP contribution in [0.2, 0.25) is 0 Å². The van der Waals surface area contributed by atoms with Crippen molar-refractivity contribution in [2.75, 3.05) is 36.1 Å². The molecule has 1 aromatic heterocycles. The zero-order chi connectivity index (χ0) is 23.2. The molecule has 1 atom stereocenters. The number of ether oxygens (including phenoxy) is 1. The van der Waals surface area contributed by atoms with Gasteiger partial charge in [-0.1, -0.05) is 18.2 Å². The summed E-state index contributed by atoms with van der Waals surface area (Å²) in [4.78, 5) is 33.1. The lowest BCUT2D eigenvalue weighted by atomic mass is 10.1. The van der Waals surface area contributed by atoms with Gasteiger partial charge in [0.2, 0.25) is 0 Å². The third-order valence-electron chi connectivity index (χ3n) is 5.79. The molecule has 8 nitrogen and oxygen atoms in total. The van der Waals surface area contributed by atoms with Crippen LogP contribution in [0, 0.1) is 0 Å². The van der Waals surface area contributed by atoms with Gasteiger partial charge >= 0.3 is 6.09 Å². The summed E-state index contributed by atoms with van der Waals surface area (Å²) in [5, 5.41) is 2.84. The molecular formula is C25H27N5O3. The number of nitrogen functional groups attached to an aromatic ring is 1. The van der Waals surface area contributed by atoms with Crippen LogP contribution in [-0.4, -0.2) is 48.1 Å². The highest BCUT2D eigenvalue weighted by Crippen LogP contribution is 2.25. The maximum absolute atomic E-state index is 12.6. The minimum Gasteiger partial charge on any atom is -0.453 e. The molecule has 33 heavy (non-hydrogen) atoms. The number of amides is 2. The molecule has 0 saturated carbocycles. The fourth-order valence-corrected chi connectivity index (χ4v) is 4.01. The van der Waals surface area contributed by atoms with Crippen molar-refractivity contribution in [1.82, 2.24) is 9.88 Å². The van der Waals surface area contributed by atoms with Gasteiger partial charge in [-0.3, -0.25) is 14.7 Å². The number of para-hydroxylation sites is 2. The first-order valence-corrected chi connectivity index (χ1v) is 10.8. The van der Waals surface area contributed by atoms with Gasteiger partial charge < -0.3 is 20.7 Å². The fraction of sp³-hybridized carbons (Fsp3) is 0.240. The SMILES string of the molecule is COC(=O)N(Cc1cccnc1)[C@H]1CCN(c2ccc(C(=O)Nc3ccccc3N)cc2)C1. The van der Waals surface area contributed by atoms with Crippen LogP contribution < -0.4 is 16.0 Å². The van der Waals surface area contributed by atoms with Crippen molar-refractivity contribution in [1.29, 1.82) is 0 Å². The zero-order valence-electron chi connectivity index (χ0n) is 18.5. The Morgan fingerprint density at radius 2 is 1.94 bits per heavy atom. The van der Waals surface area contributed by atoms with Crippen LogP contribution in [0.1, 0.15) is 22.3 Å². The van der Waals surface area contributed by atoms with Crippen LogP contribution in [-0.2, 0) is 11.3 Å². The average Bonchev–Trinajstić information content (AvgIpc) is 3.34. The Kier molecular flexibility index (Phi) is 6.73. The van der Waals surface area contributed by atoms with E-state index in [9.17, 15) is 9.59 Å². The van der Waals surface area contributed by atoms with Gasteiger partial charge in [0, 0.05) is 36.7 Å². The lowest BCUT2D eigenvalue weighted by Crippen LogP contribution is -2.41. The number of carbonyl (C=O) groups excluding carboxylic acids is 2. The largest absolute Gasteiger partial charge is 0.453 e. The van der Waals surface area contributed by atoms with Gasteiger partial charge in [-0.25, -0.2) is 4.79 Å². The number of pyridine rings is 1. The minimum absolute atomic E-state index is 0.0155. The standard InChI is InChI=1S/C25H27N5O3/c1-33-25(32)30(16-18-5-4-13-27-15-18)21-12-14-29(17-21)20-10-8-19(9-11-20)24(31)28-23-7-3-2-6-22(23)26/h2-11,13,15,21H,12,14,16-17,26H2,1H3,(H,28,31)/t21-/m0/s1. The molecule has 3 N–H and O–H groups in total. The van der Waals surface area contributed by atoms with Crippen molar-refractivity contribution in [3.63, 3.8) is 0 Å². The Morgan fingerprint density at radius 3 is 2.64 bits per heavy atom. The molecular weight excluding hydrogens is 418 g/mol. The third kappa shape index (κ3) is 5.23. The van der Waals surface area contributed by atoms with Gasteiger partial charge in [0.05, 0.1) is 31.1 Å². The Hall–Kier alpha value is -4.07. The number of hydrogen-bond donors (Lipinski definition) is 2. The number of aromatic nitrogens is 1. The van der Waals surface area contributed by atoms with E-state index in [0.29, 0.717) is 30.0 Å². The summed E-state index contributed by atoms with van der Waals surface area (Å²) in [6, 6.07) is 18.4. The van der Waals surface area contributed by atoms with Gasteiger partial charge in [-0.15, -0.1) is 0 Å². The molecule has 1 aliphatic rings. The van der Waals surface area contributed by atoms with Crippen molar-refractivity contribution in [2.45, 2.75) is 19.0 Å². The molecule has 0 unspecified atom stereocenters. The Morgan fingerprint density at radius 1 is 1.15 bits per heavy atom. The summed E-state index contributed by atoms with van der Waals surface area (Å²) in [6.45, 7) is 1.93. The average molecular weight is 446 g/mol. The first-order chi connectivity index (χ1) is 16.0. The molecule has 2 amide bonds. The van der Waals surface area contributed by atoms with E-state index in [1.54, 1.807) is 41.6 Å². The number of nitrogens with zero attached hydrogens (tertiary/aromatic N) is 3. The Labute approximate surface area is 193 Å². The molecule has 1 fully saturated rings. The lowest BCUT2D eigenvalue weighted by Gasteiger charge is -2.28. The topological polar surface area (TPSA) is 101 Å². The first kappa shape index (κ1) is 22.1. The van der Waals surface area contributed by atoms with Crippen LogP contribution in [0.25, 0.3) is 0 Å². The molecule has 0 radical (unpaired) electrons. The lowest BCUT2D eigenvalue weighted by molar-refractivity contribution is 0.102. The van der Waals surface area contributed by atoms with Crippen LogP contribution in [0.3, 0.4) is 0 Å². The van der Waals surface area contributed by atoms with Gasteiger partial charge in [0.15, 0.2) is 0 Å². The van der Waals surface area contributed by atoms with Crippen molar-refractivity contribution in [3.8, 4) is 0 Å². The summed E-state index contributed by atoms with van der Waals surface area (Å²) in [6.07, 6.45) is 3.94. The van der Waals surface area contributed by atoms with E-state index in [1.165, 1.54) is 7.11 Å². The molecule has 4 rings (SSSR count). The Bertz CT molecular complexity index is 1100. The third-order valence-corrected chi connectivity index (χ3v) is 5.79. The van der Waals surface area contributed by atoms with E-state index in [1.807, 2.05) is 36.4 Å². The number of rotatable bonds is 6. The monoisotopic (exact) mass is 445 g/mol. The van der Waals surface area contributed by atoms with Crippen LogP contribution >= 0.6 is 0 Å². The van der Waals surface area contributed by atoms with Crippen molar-refractivity contribution < 1.29 is 14.3 Å². The summed E-state index contributed by atoms with van der Waals surface area (Å²) >= 11 is 0. The van der Waals surface area contributed by atoms with Gasteiger partial charge in [-0.05, 0) is 54.4 Å². The maximum atomic E-state index is 12.6. The second-order valence-corrected chi connectivity index (χ2v) is 7.94. The van der Waals surface area contributed by atoms with Crippen LogP contribution in [0.5, 0.6) is 0 Å². The summed E-state index contributed by atoms with van der Waals surface area (Å²) in [5.74, 6) is -0.216. The predicted octanol–water partition coefficient (Wildman–Crippen LogP) is 3.76. The molecule has 8 heteroatoms. The van der Waals surface area contributed by atoms with Gasteiger partial charge in [0.25, 0.3) is 5.91 Å².